The fourth-order valence-electron chi connectivity index (χ4n) is 1.93. The number of halogens is 3. The van der Waals surface area contributed by atoms with E-state index in [9.17, 15) is 0 Å². The van der Waals surface area contributed by atoms with Gasteiger partial charge in [-0.25, -0.2) is 9.97 Å². The highest BCUT2D eigenvalue weighted by molar-refractivity contribution is 7.98. The van der Waals surface area contributed by atoms with Gasteiger partial charge in [0, 0.05) is 17.0 Å². The highest BCUT2D eigenvalue weighted by Crippen LogP contribution is 2.28. The Bertz CT molecular complexity index is 800. The fourth-order valence-corrected chi connectivity index (χ4v) is 3.06. The van der Waals surface area contributed by atoms with E-state index in [1.165, 1.54) is 5.56 Å². The monoisotopic (exact) mass is 397 g/mol. The first-order valence-corrected chi connectivity index (χ1v) is 8.67. The molecular weight excluding hydrogens is 385 g/mol. The molecule has 0 amide bonds. The molecule has 0 saturated heterocycles. The van der Waals surface area contributed by atoms with Gasteiger partial charge in [-0.2, -0.15) is 0 Å². The van der Waals surface area contributed by atoms with Gasteiger partial charge in [0.15, 0.2) is 5.16 Å². The average molecular weight is 399 g/mol. The highest BCUT2D eigenvalue weighted by Gasteiger charge is 2.05. The zero-order chi connectivity index (χ0) is 16.1. The summed E-state index contributed by atoms with van der Waals surface area (Å²) in [5, 5.41) is 5.08. The zero-order valence-corrected chi connectivity index (χ0v) is 15.6. The van der Waals surface area contributed by atoms with Crippen molar-refractivity contribution in [2.24, 2.45) is 0 Å². The third kappa shape index (κ3) is 5.28. The molecule has 24 heavy (non-hydrogen) atoms. The summed E-state index contributed by atoms with van der Waals surface area (Å²) in [6, 6.07) is 17.3. The Kier molecular flexibility index (Phi) is 7.18. The second-order valence-electron chi connectivity index (χ2n) is 4.75. The Morgan fingerprint density at radius 2 is 1.79 bits per heavy atom. The van der Waals surface area contributed by atoms with Gasteiger partial charge in [0.2, 0.25) is 0 Å². The molecule has 0 saturated carbocycles. The first kappa shape index (κ1) is 18.9. The number of rotatable bonds is 5. The van der Waals surface area contributed by atoms with Crippen molar-refractivity contribution in [2.75, 3.05) is 5.32 Å². The van der Waals surface area contributed by atoms with E-state index in [0.29, 0.717) is 21.0 Å². The number of hydrogen-bond acceptors (Lipinski definition) is 4. The SMILES string of the molecule is Cl.Clc1ccc(Cl)c(Nc2ccnc(SCc3ccccc3)n2)c1. The van der Waals surface area contributed by atoms with E-state index in [1.807, 2.05) is 18.2 Å². The largest absolute Gasteiger partial charge is 0.339 e. The van der Waals surface area contributed by atoms with Crippen LogP contribution in [0, 0.1) is 0 Å². The van der Waals surface area contributed by atoms with Crippen LogP contribution >= 0.6 is 47.4 Å². The lowest BCUT2D eigenvalue weighted by Crippen LogP contribution is -1.97. The number of nitrogens with one attached hydrogen (secondary N) is 1. The van der Waals surface area contributed by atoms with E-state index in [4.69, 9.17) is 23.2 Å². The van der Waals surface area contributed by atoms with Crippen LogP contribution in [0.15, 0.2) is 66.0 Å². The summed E-state index contributed by atoms with van der Waals surface area (Å²) in [5.74, 6) is 1.50. The van der Waals surface area contributed by atoms with Crippen LogP contribution in [-0.4, -0.2) is 9.97 Å². The molecule has 3 rings (SSSR count). The molecule has 0 fully saturated rings. The molecule has 0 atom stereocenters. The minimum absolute atomic E-state index is 0. The third-order valence-corrected chi connectivity index (χ3v) is 4.53. The molecule has 1 heterocycles. The van der Waals surface area contributed by atoms with Gasteiger partial charge in [-0.15, -0.1) is 12.4 Å². The maximum atomic E-state index is 6.16. The highest BCUT2D eigenvalue weighted by atomic mass is 35.5. The summed E-state index contributed by atoms with van der Waals surface area (Å²) in [5.41, 5.74) is 1.95. The normalized spacial score (nSPS) is 10.1. The van der Waals surface area contributed by atoms with Crippen LogP contribution in [0.25, 0.3) is 0 Å². The van der Waals surface area contributed by atoms with Crippen molar-refractivity contribution in [3.63, 3.8) is 0 Å². The zero-order valence-electron chi connectivity index (χ0n) is 12.4. The molecule has 7 heteroatoms. The quantitative estimate of drug-likeness (QED) is 0.407. The summed E-state index contributed by atoms with van der Waals surface area (Å²) >= 11 is 13.7. The molecule has 3 nitrogen and oxygen atoms in total. The van der Waals surface area contributed by atoms with Crippen LogP contribution in [0.2, 0.25) is 10.0 Å². The average Bonchev–Trinajstić information content (AvgIpc) is 2.58. The lowest BCUT2D eigenvalue weighted by Gasteiger charge is -2.09. The van der Waals surface area contributed by atoms with Gasteiger partial charge in [0.1, 0.15) is 5.82 Å². The second-order valence-corrected chi connectivity index (χ2v) is 6.53. The number of thioether (sulfide) groups is 1. The molecule has 124 valence electrons. The minimum atomic E-state index is 0. The van der Waals surface area contributed by atoms with E-state index in [0.717, 1.165) is 11.4 Å². The van der Waals surface area contributed by atoms with E-state index in [2.05, 4.69) is 27.4 Å². The van der Waals surface area contributed by atoms with Crippen molar-refractivity contribution in [1.82, 2.24) is 9.97 Å². The molecule has 0 aliphatic rings. The molecule has 0 aliphatic heterocycles. The Balaban J connectivity index is 0.00000208. The van der Waals surface area contributed by atoms with Crippen LogP contribution in [0.1, 0.15) is 5.56 Å². The lowest BCUT2D eigenvalue weighted by molar-refractivity contribution is 0.971. The lowest BCUT2D eigenvalue weighted by atomic mass is 10.2. The summed E-state index contributed by atoms with van der Waals surface area (Å²) in [7, 11) is 0. The molecule has 2 aromatic carbocycles. The molecule has 3 aromatic rings. The van der Waals surface area contributed by atoms with Crippen LogP contribution < -0.4 is 5.32 Å². The molecule has 0 spiro atoms. The topological polar surface area (TPSA) is 37.8 Å². The Morgan fingerprint density at radius 3 is 2.58 bits per heavy atom. The van der Waals surface area contributed by atoms with Gasteiger partial charge >= 0.3 is 0 Å². The Morgan fingerprint density at radius 1 is 1.00 bits per heavy atom. The van der Waals surface area contributed by atoms with Gasteiger partial charge in [-0.05, 0) is 29.8 Å². The van der Waals surface area contributed by atoms with E-state index >= 15 is 0 Å². The van der Waals surface area contributed by atoms with Crippen molar-refractivity contribution >= 4 is 58.9 Å². The predicted molar refractivity (Wildman–Crippen MR) is 105 cm³/mol. The van der Waals surface area contributed by atoms with Crippen molar-refractivity contribution in [3.05, 3.63) is 76.4 Å². The van der Waals surface area contributed by atoms with Crippen LogP contribution in [0.4, 0.5) is 11.5 Å². The summed E-state index contributed by atoms with van der Waals surface area (Å²) in [6.07, 6.45) is 1.72. The predicted octanol–water partition coefficient (Wildman–Crippen LogP) is 6.24. The van der Waals surface area contributed by atoms with Gasteiger partial charge < -0.3 is 5.32 Å². The number of hydrogen-bond donors (Lipinski definition) is 1. The molecule has 0 radical (unpaired) electrons. The molecule has 0 unspecified atom stereocenters. The van der Waals surface area contributed by atoms with E-state index in [1.54, 1.807) is 42.2 Å². The first-order chi connectivity index (χ1) is 11.2. The Labute approximate surface area is 161 Å². The third-order valence-electron chi connectivity index (χ3n) is 3.04. The van der Waals surface area contributed by atoms with Crippen molar-refractivity contribution in [1.29, 1.82) is 0 Å². The molecular formula is C17H14Cl3N3S. The number of anilines is 2. The molecule has 0 bridgehead atoms. The van der Waals surface area contributed by atoms with Gasteiger partial charge in [0.05, 0.1) is 10.7 Å². The summed E-state index contributed by atoms with van der Waals surface area (Å²) in [6.45, 7) is 0. The maximum absolute atomic E-state index is 6.16. The number of aromatic nitrogens is 2. The molecule has 1 N–H and O–H groups in total. The van der Waals surface area contributed by atoms with Crippen molar-refractivity contribution in [3.8, 4) is 0 Å². The first-order valence-electron chi connectivity index (χ1n) is 6.92. The Hall–Kier alpha value is -1.46. The maximum Gasteiger partial charge on any atom is 0.189 e. The van der Waals surface area contributed by atoms with Crippen molar-refractivity contribution in [2.45, 2.75) is 10.9 Å². The number of benzene rings is 2. The van der Waals surface area contributed by atoms with Gasteiger partial charge in [0.25, 0.3) is 0 Å². The molecule has 1 aromatic heterocycles. The van der Waals surface area contributed by atoms with E-state index < -0.39 is 0 Å². The standard InChI is InChI=1S/C17H13Cl2N3S.ClH/c18-13-6-7-14(19)15(10-13)21-16-8-9-20-17(22-16)23-11-12-4-2-1-3-5-12;/h1-10H,11H2,(H,20,21,22);1H. The molecule has 0 aliphatic carbocycles. The summed E-state index contributed by atoms with van der Waals surface area (Å²) < 4.78 is 0. The smallest absolute Gasteiger partial charge is 0.189 e. The van der Waals surface area contributed by atoms with Gasteiger partial charge in [-0.1, -0.05) is 65.3 Å². The second kappa shape index (κ2) is 9.14. The minimum Gasteiger partial charge on any atom is -0.339 e. The van der Waals surface area contributed by atoms with Crippen LogP contribution in [0.3, 0.4) is 0 Å². The van der Waals surface area contributed by atoms with E-state index in [-0.39, 0.29) is 12.4 Å². The van der Waals surface area contributed by atoms with Crippen molar-refractivity contribution < 1.29 is 0 Å². The fraction of sp³-hybridized carbons (Fsp3) is 0.0588. The van der Waals surface area contributed by atoms with Gasteiger partial charge in [-0.3, -0.25) is 0 Å². The number of nitrogens with zero attached hydrogens (tertiary/aromatic N) is 2. The van der Waals surface area contributed by atoms with Crippen LogP contribution in [0.5, 0.6) is 0 Å². The summed E-state index contributed by atoms with van der Waals surface area (Å²) in [4.78, 5) is 8.78. The van der Waals surface area contributed by atoms with Crippen LogP contribution in [-0.2, 0) is 5.75 Å².